The first-order chi connectivity index (χ1) is 5.66. The molecule has 4 nitrogen and oxygen atoms in total. The zero-order valence-corrected chi connectivity index (χ0v) is 6.21. The molecular weight excluding hydrogens is 163 g/mol. The van der Waals surface area contributed by atoms with Crippen LogP contribution in [0.15, 0.2) is 12.0 Å². The van der Waals surface area contributed by atoms with Crippen LogP contribution < -0.4 is 5.32 Å². The fourth-order valence-electron chi connectivity index (χ4n) is 1.48. The van der Waals surface area contributed by atoms with E-state index in [1.165, 1.54) is 4.90 Å². The SMILES string of the molecule is O=C1CC2CC(F)=CN2C(=O)N1. The number of rotatable bonds is 0. The molecule has 2 rings (SSSR count). The lowest BCUT2D eigenvalue weighted by atomic mass is 10.1. The van der Waals surface area contributed by atoms with Gasteiger partial charge in [0, 0.05) is 19.0 Å². The smallest absolute Gasteiger partial charge is 0.294 e. The quantitative estimate of drug-likeness (QED) is 0.575. The Balaban J connectivity index is 2.22. The molecule has 3 amide bonds. The summed E-state index contributed by atoms with van der Waals surface area (Å²) in [5.41, 5.74) is 0. The van der Waals surface area contributed by atoms with E-state index in [0.29, 0.717) is 0 Å². The minimum atomic E-state index is -0.524. The van der Waals surface area contributed by atoms with Crippen LogP contribution in [-0.4, -0.2) is 22.9 Å². The lowest BCUT2D eigenvalue weighted by Crippen LogP contribution is -2.50. The molecular formula is C7H7FN2O2. The molecule has 2 heterocycles. The van der Waals surface area contributed by atoms with Crippen molar-refractivity contribution in [3.05, 3.63) is 12.0 Å². The second kappa shape index (κ2) is 2.30. The van der Waals surface area contributed by atoms with Crippen molar-refractivity contribution < 1.29 is 14.0 Å². The molecule has 1 fully saturated rings. The van der Waals surface area contributed by atoms with Crippen molar-refractivity contribution >= 4 is 11.9 Å². The third-order valence-corrected chi connectivity index (χ3v) is 2.01. The monoisotopic (exact) mass is 170 g/mol. The molecule has 0 aliphatic carbocycles. The van der Waals surface area contributed by atoms with E-state index in [-0.39, 0.29) is 30.6 Å². The number of amides is 3. The molecule has 1 unspecified atom stereocenters. The molecule has 5 heteroatoms. The molecule has 0 bridgehead atoms. The van der Waals surface area contributed by atoms with Gasteiger partial charge in [-0.15, -0.1) is 0 Å². The van der Waals surface area contributed by atoms with Crippen LogP contribution in [0.1, 0.15) is 12.8 Å². The van der Waals surface area contributed by atoms with Crippen LogP contribution in [0.25, 0.3) is 0 Å². The van der Waals surface area contributed by atoms with E-state index in [9.17, 15) is 14.0 Å². The molecule has 64 valence electrons. The Hall–Kier alpha value is -1.39. The predicted molar refractivity (Wildman–Crippen MR) is 37.6 cm³/mol. The van der Waals surface area contributed by atoms with Gasteiger partial charge in [-0.3, -0.25) is 15.0 Å². The van der Waals surface area contributed by atoms with Gasteiger partial charge in [0.25, 0.3) is 0 Å². The summed E-state index contributed by atoms with van der Waals surface area (Å²) in [4.78, 5) is 23.1. The number of carbonyl (C=O) groups excluding carboxylic acids is 2. The van der Waals surface area contributed by atoms with Gasteiger partial charge in [-0.25, -0.2) is 9.18 Å². The molecule has 1 saturated heterocycles. The summed E-state index contributed by atoms with van der Waals surface area (Å²) in [6, 6.07) is -0.824. The minimum Gasteiger partial charge on any atom is -0.294 e. The molecule has 2 aliphatic rings. The number of nitrogens with one attached hydrogen (secondary N) is 1. The topological polar surface area (TPSA) is 49.4 Å². The zero-order valence-electron chi connectivity index (χ0n) is 6.21. The van der Waals surface area contributed by atoms with Crippen LogP contribution in [0.3, 0.4) is 0 Å². The summed E-state index contributed by atoms with van der Waals surface area (Å²) >= 11 is 0. The highest BCUT2D eigenvalue weighted by atomic mass is 19.1. The van der Waals surface area contributed by atoms with Crippen molar-refractivity contribution in [3.8, 4) is 0 Å². The number of urea groups is 1. The Bertz CT molecular complexity index is 287. The van der Waals surface area contributed by atoms with Crippen LogP contribution in [0, 0.1) is 0 Å². The number of imide groups is 1. The maximum atomic E-state index is 12.7. The molecule has 12 heavy (non-hydrogen) atoms. The van der Waals surface area contributed by atoms with E-state index in [4.69, 9.17) is 0 Å². The number of hydrogen-bond acceptors (Lipinski definition) is 2. The molecule has 0 aromatic rings. The average Bonchev–Trinajstić information content (AvgIpc) is 2.29. The first-order valence-corrected chi connectivity index (χ1v) is 3.65. The third kappa shape index (κ3) is 0.975. The maximum absolute atomic E-state index is 12.7. The van der Waals surface area contributed by atoms with Gasteiger partial charge in [-0.2, -0.15) is 0 Å². The summed E-state index contributed by atoms with van der Waals surface area (Å²) in [6.07, 6.45) is 1.50. The van der Waals surface area contributed by atoms with E-state index < -0.39 is 6.03 Å². The number of halogens is 1. The summed E-state index contributed by atoms with van der Waals surface area (Å²) in [5.74, 6) is -0.672. The number of nitrogens with zero attached hydrogens (tertiary/aromatic N) is 1. The summed E-state index contributed by atoms with van der Waals surface area (Å²) in [7, 11) is 0. The lowest BCUT2D eigenvalue weighted by molar-refractivity contribution is -0.122. The molecule has 1 atom stereocenters. The Morgan fingerprint density at radius 3 is 3.00 bits per heavy atom. The van der Waals surface area contributed by atoms with Crippen LogP contribution in [0.4, 0.5) is 9.18 Å². The first-order valence-electron chi connectivity index (χ1n) is 3.65. The third-order valence-electron chi connectivity index (χ3n) is 2.01. The first kappa shape index (κ1) is 7.27. The highest BCUT2D eigenvalue weighted by Crippen LogP contribution is 2.26. The highest BCUT2D eigenvalue weighted by molar-refractivity contribution is 5.97. The maximum Gasteiger partial charge on any atom is 0.328 e. The van der Waals surface area contributed by atoms with Crippen molar-refractivity contribution in [2.45, 2.75) is 18.9 Å². The fourth-order valence-corrected chi connectivity index (χ4v) is 1.48. The van der Waals surface area contributed by atoms with Gasteiger partial charge >= 0.3 is 6.03 Å². The Morgan fingerprint density at radius 1 is 1.50 bits per heavy atom. The second-order valence-corrected chi connectivity index (χ2v) is 2.90. The van der Waals surface area contributed by atoms with Gasteiger partial charge in [0.15, 0.2) is 0 Å². The Labute approximate surface area is 68.0 Å². The second-order valence-electron chi connectivity index (χ2n) is 2.90. The Kier molecular flexibility index (Phi) is 1.39. The molecule has 0 aromatic heterocycles. The Morgan fingerprint density at radius 2 is 2.25 bits per heavy atom. The van der Waals surface area contributed by atoms with Gasteiger partial charge in [0.05, 0.1) is 6.04 Å². The molecule has 0 spiro atoms. The predicted octanol–water partition coefficient (Wildman–Crippen LogP) is 0.512. The number of fused-ring (bicyclic) bond motifs is 1. The van der Waals surface area contributed by atoms with E-state index >= 15 is 0 Å². The molecule has 0 saturated carbocycles. The van der Waals surface area contributed by atoms with Gasteiger partial charge in [0.1, 0.15) is 5.83 Å². The standard InChI is InChI=1S/C7H7FN2O2/c8-4-1-5-2-6(11)9-7(12)10(5)3-4/h3,5H,1-2H2,(H,9,11,12). The van der Waals surface area contributed by atoms with Crippen molar-refractivity contribution in [1.82, 2.24) is 10.2 Å². The fraction of sp³-hybridized carbons (Fsp3) is 0.429. The van der Waals surface area contributed by atoms with Crippen molar-refractivity contribution in [1.29, 1.82) is 0 Å². The molecule has 0 radical (unpaired) electrons. The average molecular weight is 170 g/mol. The van der Waals surface area contributed by atoms with E-state index in [2.05, 4.69) is 5.32 Å². The summed E-state index contributed by atoms with van der Waals surface area (Å²) in [5, 5.41) is 2.11. The normalized spacial score (nSPS) is 28.2. The minimum absolute atomic E-state index is 0.166. The van der Waals surface area contributed by atoms with Gasteiger partial charge < -0.3 is 0 Å². The molecule has 0 aromatic carbocycles. The van der Waals surface area contributed by atoms with Crippen molar-refractivity contribution in [2.24, 2.45) is 0 Å². The van der Waals surface area contributed by atoms with Crippen LogP contribution in [0.5, 0.6) is 0 Å². The molecule has 1 N–H and O–H groups in total. The van der Waals surface area contributed by atoms with Gasteiger partial charge in [0.2, 0.25) is 5.91 Å². The van der Waals surface area contributed by atoms with E-state index in [1.54, 1.807) is 0 Å². The number of carbonyl (C=O) groups is 2. The van der Waals surface area contributed by atoms with Gasteiger partial charge in [-0.05, 0) is 0 Å². The number of hydrogen-bond donors (Lipinski definition) is 1. The van der Waals surface area contributed by atoms with Crippen LogP contribution >= 0.6 is 0 Å². The van der Waals surface area contributed by atoms with E-state index in [1.807, 2.05) is 0 Å². The summed E-state index contributed by atoms with van der Waals surface area (Å²) in [6.45, 7) is 0. The highest BCUT2D eigenvalue weighted by Gasteiger charge is 2.36. The summed E-state index contributed by atoms with van der Waals surface area (Å²) < 4.78 is 12.7. The van der Waals surface area contributed by atoms with Gasteiger partial charge in [-0.1, -0.05) is 0 Å². The lowest BCUT2D eigenvalue weighted by Gasteiger charge is -2.27. The van der Waals surface area contributed by atoms with Crippen molar-refractivity contribution in [3.63, 3.8) is 0 Å². The molecule has 2 aliphatic heterocycles. The zero-order chi connectivity index (χ0) is 8.72. The van der Waals surface area contributed by atoms with Crippen LogP contribution in [0.2, 0.25) is 0 Å². The van der Waals surface area contributed by atoms with Crippen LogP contribution in [-0.2, 0) is 4.79 Å². The van der Waals surface area contributed by atoms with Crippen molar-refractivity contribution in [2.75, 3.05) is 0 Å². The largest absolute Gasteiger partial charge is 0.328 e. The van der Waals surface area contributed by atoms with E-state index in [0.717, 1.165) is 6.20 Å².